The van der Waals surface area contributed by atoms with Gasteiger partial charge in [0.2, 0.25) is 0 Å². The number of rotatable bonds is 5. The summed E-state index contributed by atoms with van der Waals surface area (Å²) in [5, 5.41) is 6.07. The number of carbonyl (C=O) groups is 2. The second-order valence-electron chi connectivity index (χ2n) is 6.90. The van der Waals surface area contributed by atoms with E-state index < -0.39 is 11.8 Å². The maximum atomic E-state index is 12.3. The number of amides is 2. The summed E-state index contributed by atoms with van der Waals surface area (Å²) in [4.78, 5) is 29.0. The average Bonchev–Trinajstić information content (AvgIpc) is 2.69. The summed E-state index contributed by atoms with van der Waals surface area (Å²) < 4.78 is 0. The van der Waals surface area contributed by atoms with E-state index in [0.29, 0.717) is 23.7 Å². The molecule has 2 aromatic carbocycles. The number of benzene rings is 2. The Labute approximate surface area is 170 Å². The molecule has 2 aromatic rings. The molecule has 0 atom stereocenters. The molecule has 6 nitrogen and oxygen atoms in total. The van der Waals surface area contributed by atoms with Crippen LogP contribution in [0.3, 0.4) is 0 Å². The molecule has 0 aromatic heterocycles. The third kappa shape index (κ3) is 5.47. The van der Waals surface area contributed by atoms with Crippen molar-refractivity contribution in [1.29, 1.82) is 0 Å². The van der Waals surface area contributed by atoms with Crippen molar-refractivity contribution >= 4 is 34.8 Å². The Hall–Kier alpha value is -2.57. The Balaban J connectivity index is 1.54. The number of nitrogens with one attached hydrogen (secondary N) is 2. The molecule has 1 saturated heterocycles. The maximum Gasteiger partial charge on any atom is 0.313 e. The summed E-state index contributed by atoms with van der Waals surface area (Å²) in [6.07, 6.45) is 0.609. The minimum absolute atomic E-state index is 0.368. The Kier molecular flexibility index (Phi) is 6.90. The van der Waals surface area contributed by atoms with Crippen molar-refractivity contribution in [3.8, 4) is 0 Å². The average molecular weight is 401 g/mol. The first-order chi connectivity index (χ1) is 13.5. The number of piperazine rings is 1. The highest BCUT2D eigenvalue weighted by Crippen LogP contribution is 2.26. The minimum Gasteiger partial charge on any atom is -0.367 e. The molecule has 0 spiro atoms. The van der Waals surface area contributed by atoms with Gasteiger partial charge in [0.25, 0.3) is 0 Å². The van der Waals surface area contributed by atoms with Gasteiger partial charge < -0.3 is 20.4 Å². The lowest BCUT2D eigenvalue weighted by molar-refractivity contribution is -0.136. The molecule has 28 heavy (non-hydrogen) atoms. The molecule has 1 aliphatic rings. The second kappa shape index (κ2) is 9.57. The van der Waals surface area contributed by atoms with Gasteiger partial charge in [-0.15, -0.1) is 0 Å². The van der Waals surface area contributed by atoms with Crippen LogP contribution in [-0.4, -0.2) is 56.5 Å². The number of hydrogen-bond donors (Lipinski definition) is 2. The smallest absolute Gasteiger partial charge is 0.313 e. The molecule has 0 bridgehead atoms. The fourth-order valence-electron chi connectivity index (χ4n) is 3.17. The van der Waals surface area contributed by atoms with Crippen LogP contribution in [0.25, 0.3) is 0 Å². The molecule has 7 heteroatoms. The molecule has 148 valence electrons. The molecule has 1 fully saturated rings. The topological polar surface area (TPSA) is 64.7 Å². The van der Waals surface area contributed by atoms with Crippen LogP contribution in [0.5, 0.6) is 0 Å². The zero-order valence-electron chi connectivity index (χ0n) is 16.0. The van der Waals surface area contributed by atoms with E-state index in [-0.39, 0.29) is 0 Å². The van der Waals surface area contributed by atoms with Crippen LogP contribution in [0, 0.1) is 0 Å². The quantitative estimate of drug-likeness (QED) is 0.756. The van der Waals surface area contributed by atoms with Crippen molar-refractivity contribution in [1.82, 2.24) is 10.2 Å². The van der Waals surface area contributed by atoms with E-state index in [0.717, 1.165) is 37.4 Å². The fraction of sp³-hybridized carbons (Fsp3) is 0.333. The van der Waals surface area contributed by atoms with Gasteiger partial charge in [-0.3, -0.25) is 9.59 Å². The lowest BCUT2D eigenvalue weighted by Crippen LogP contribution is -2.45. The predicted octanol–water partition coefficient (Wildman–Crippen LogP) is 2.39. The molecular weight excluding hydrogens is 376 g/mol. The van der Waals surface area contributed by atoms with E-state index in [4.69, 9.17) is 11.6 Å². The second-order valence-corrected chi connectivity index (χ2v) is 7.33. The van der Waals surface area contributed by atoms with Gasteiger partial charge in [-0.1, -0.05) is 35.9 Å². The van der Waals surface area contributed by atoms with Crippen molar-refractivity contribution < 1.29 is 9.59 Å². The largest absolute Gasteiger partial charge is 0.367 e. The first-order valence-electron chi connectivity index (χ1n) is 9.39. The van der Waals surface area contributed by atoms with Crippen LogP contribution >= 0.6 is 11.6 Å². The van der Waals surface area contributed by atoms with Crippen LogP contribution in [0.15, 0.2) is 48.5 Å². The highest BCUT2D eigenvalue weighted by atomic mass is 35.5. The summed E-state index contributed by atoms with van der Waals surface area (Å²) in [7, 11) is 2.10. The number of hydrogen-bond acceptors (Lipinski definition) is 4. The van der Waals surface area contributed by atoms with Gasteiger partial charge in [0.1, 0.15) is 0 Å². The third-order valence-electron chi connectivity index (χ3n) is 4.79. The Bertz CT molecular complexity index is 835. The van der Waals surface area contributed by atoms with E-state index in [1.807, 2.05) is 42.5 Å². The highest BCUT2D eigenvalue weighted by molar-refractivity contribution is 6.40. The van der Waals surface area contributed by atoms with Gasteiger partial charge in [0.05, 0.1) is 11.4 Å². The predicted molar refractivity (Wildman–Crippen MR) is 113 cm³/mol. The summed E-state index contributed by atoms with van der Waals surface area (Å²) in [5.74, 6) is -1.30. The Morgan fingerprint density at radius 2 is 1.75 bits per heavy atom. The normalized spacial score (nSPS) is 14.6. The van der Waals surface area contributed by atoms with Crippen LogP contribution < -0.4 is 15.5 Å². The van der Waals surface area contributed by atoms with E-state index >= 15 is 0 Å². The molecule has 3 rings (SSSR count). The summed E-state index contributed by atoms with van der Waals surface area (Å²) in [5.41, 5.74) is 2.60. The van der Waals surface area contributed by atoms with Gasteiger partial charge in [-0.05, 0) is 43.3 Å². The van der Waals surface area contributed by atoms with E-state index in [9.17, 15) is 9.59 Å². The van der Waals surface area contributed by atoms with Crippen LogP contribution in [-0.2, 0) is 16.0 Å². The molecule has 1 heterocycles. The third-order valence-corrected chi connectivity index (χ3v) is 5.03. The van der Waals surface area contributed by atoms with Crippen molar-refractivity contribution in [2.24, 2.45) is 0 Å². The first kappa shape index (κ1) is 20.2. The molecule has 0 radical (unpaired) electrons. The molecule has 0 saturated carbocycles. The van der Waals surface area contributed by atoms with Crippen LogP contribution in [0.4, 0.5) is 11.4 Å². The standard InChI is InChI=1S/C21H25ClN4O2/c1-25-11-13-26(14-12-25)19-8-3-2-7-18(19)24-21(28)20(27)23-10-9-16-5-4-6-17(22)15-16/h2-8,15H,9-14H2,1H3,(H,23,27)(H,24,28). The summed E-state index contributed by atoms with van der Waals surface area (Å²) in [6.45, 7) is 4.07. The number of likely N-dealkylation sites (N-methyl/N-ethyl adjacent to an activating group) is 1. The first-order valence-corrected chi connectivity index (χ1v) is 9.77. The minimum atomic E-state index is -0.660. The summed E-state index contributed by atoms with van der Waals surface area (Å²) in [6, 6.07) is 15.0. The number of halogens is 1. The van der Waals surface area contributed by atoms with Gasteiger partial charge in [-0.2, -0.15) is 0 Å². The Morgan fingerprint density at radius 1 is 1.00 bits per heavy atom. The molecular formula is C21H25ClN4O2. The Morgan fingerprint density at radius 3 is 2.50 bits per heavy atom. The zero-order valence-corrected chi connectivity index (χ0v) is 16.7. The number of para-hydroxylation sites is 2. The number of anilines is 2. The monoisotopic (exact) mass is 400 g/mol. The molecule has 0 unspecified atom stereocenters. The molecule has 2 amide bonds. The van der Waals surface area contributed by atoms with Gasteiger partial charge in [0, 0.05) is 37.7 Å². The van der Waals surface area contributed by atoms with E-state index in [1.54, 1.807) is 6.07 Å². The van der Waals surface area contributed by atoms with E-state index in [1.165, 1.54) is 0 Å². The van der Waals surface area contributed by atoms with E-state index in [2.05, 4.69) is 27.5 Å². The van der Waals surface area contributed by atoms with Crippen molar-refractivity contribution in [2.45, 2.75) is 6.42 Å². The van der Waals surface area contributed by atoms with Crippen LogP contribution in [0.1, 0.15) is 5.56 Å². The number of carbonyl (C=O) groups excluding carboxylic acids is 2. The van der Waals surface area contributed by atoms with Crippen molar-refractivity contribution in [3.63, 3.8) is 0 Å². The van der Waals surface area contributed by atoms with Crippen molar-refractivity contribution in [3.05, 3.63) is 59.1 Å². The molecule has 1 aliphatic heterocycles. The zero-order chi connectivity index (χ0) is 19.9. The lowest BCUT2D eigenvalue weighted by Gasteiger charge is -2.35. The number of nitrogens with zero attached hydrogens (tertiary/aromatic N) is 2. The van der Waals surface area contributed by atoms with Crippen molar-refractivity contribution in [2.75, 3.05) is 50.0 Å². The fourth-order valence-corrected chi connectivity index (χ4v) is 3.39. The maximum absolute atomic E-state index is 12.3. The van der Waals surface area contributed by atoms with Gasteiger partial charge in [0.15, 0.2) is 0 Å². The highest BCUT2D eigenvalue weighted by Gasteiger charge is 2.19. The molecule has 2 N–H and O–H groups in total. The summed E-state index contributed by atoms with van der Waals surface area (Å²) >= 11 is 5.96. The lowest BCUT2D eigenvalue weighted by atomic mass is 10.1. The van der Waals surface area contributed by atoms with Gasteiger partial charge >= 0.3 is 11.8 Å². The SMILES string of the molecule is CN1CCN(c2ccccc2NC(=O)C(=O)NCCc2cccc(Cl)c2)CC1. The van der Waals surface area contributed by atoms with Crippen LogP contribution in [0.2, 0.25) is 5.02 Å². The molecule has 0 aliphatic carbocycles. The van der Waals surface area contributed by atoms with Gasteiger partial charge in [-0.25, -0.2) is 0 Å².